The molecule has 0 aliphatic heterocycles. The minimum atomic E-state index is -0.116. The van der Waals surface area contributed by atoms with Gasteiger partial charge in [-0.15, -0.1) is 0 Å². The Balaban J connectivity index is 0.00000162. The molecule has 0 saturated heterocycles. The van der Waals surface area contributed by atoms with Gasteiger partial charge in [-0.1, -0.05) is 31.2 Å². The number of Topliss-reactive ketones (excluding diaryl/α,β-unsaturated/α-hetero) is 2. The third-order valence-electron chi connectivity index (χ3n) is 4.16. The summed E-state index contributed by atoms with van der Waals surface area (Å²) >= 11 is 0. The molecule has 0 bridgehead atoms. The van der Waals surface area contributed by atoms with Crippen LogP contribution >= 0.6 is 0 Å². The van der Waals surface area contributed by atoms with E-state index < -0.39 is 0 Å². The third kappa shape index (κ3) is 3.07. The van der Waals surface area contributed by atoms with Gasteiger partial charge in [0, 0.05) is 50.7 Å². The van der Waals surface area contributed by atoms with E-state index in [1.165, 1.54) is 0 Å². The monoisotopic (exact) mass is 425 g/mol. The second-order valence-corrected chi connectivity index (χ2v) is 5.13. The molecule has 0 N–H and O–H groups in total. The van der Waals surface area contributed by atoms with Crippen molar-refractivity contribution in [2.45, 2.75) is 45.4 Å². The molecule has 0 spiro atoms. The molecule has 0 amide bonds. The van der Waals surface area contributed by atoms with Gasteiger partial charge in [0.15, 0.2) is 0 Å². The Morgan fingerprint density at radius 3 is 2.44 bits per heavy atom. The van der Waals surface area contributed by atoms with Crippen LogP contribution in [0, 0.1) is 11.3 Å². The van der Waals surface area contributed by atoms with Crippen LogP contribution in [0.2, 0.25) is 0 Å². The second kappa shape index (κ2) is 6.58. The zero-order valence-corrected chi connectivity index (χ0v) is 13.2. The molecule has 1 unspecified atom stereocenters. The average molecular weight is 425 g/mol. The van der Waals surface area contributed by atoms with E-state index in [0.29, 0.717) is 30.8 Å². The fourth-order valence-corrected chi connectivity index (χ4v) is 3.03. The zero-order valence-electron chi connectivity index (χ0n) is 10.8. The van der Waals surface area contributed by atoms with Gasteiger partial charge in [0.1, 0.15) is 11.6 Å². The van der Waals surface area contributed by atoms with Crippen LogP contribution in [0.1, 0.15) is 45.4 Å². The largest absolute Gasteiger partial charge is 0.300 e. The van der Waals surface area contributed by atoms with Gasteiger partial charge in [-0.05, 0) is 19.3 Å². The first kappa shape index (κ1) is 15.5. The Kier molecular flexibility index (Phi) is 5.68. The first-order valence-corrected chi connectivity index (χ1v) is 6.59. The van der Waals surface area contributed by atoms with Crippen molar-refractivity contribution in [3.63, 3.8) is 0 Å². The van der Waals surface area contributed by atoms with Crippen LogP contribution in [0.5, 0.6) is 0 Å². The van der Waals surface area contributed by atoms with Crippen molar-refractivity contribution >= 4 is 11.6 Å². The van der Waals surface area contributed by atoms with Crippen molar-refractivity contribution < 1.29 is 29.7 Å². The van der Waals surface area contributed by atoms with Crippen molar-refractivity contribution in [2.75, 3.05) is 0 Å². The fourth-order valence-electron chi connectivity index (χ4n) is 3.03. The minimum absolute atomic E-state index is 0. The van der Waals surface area contributed by atoms with E-state index in [1.54, 1.807) is 0 Å². The van der Waals surface area contributed by atoms with E-state index in [1.807, 2.05) is 12.2 Å². The summed E-state index contributed by atoms with van der Waals surface area (Å²) in [5.41, 5.74) is -0.116. The third-order valence-corrected chi connectivity index (χ3v) is 4.16. The summed E-state index contributed by atoms with van der Waals surface area (Å²) in [7, 11) is 0. The average Bonchev–Trinajstić information content (AvgIpc) is 2.77. The molecule has 2 rings (SSSR count). The van der Waals surface area contributed by atoms with E-state index in [9.17, 15) is 9.59 Å². The van der Waals surface area contributed by atoms with Gasteiger partial charge < -0.3 is 0 Å². The number of ketones is 2. The van der Waals surface area contributed by atoms with Crippen LogP contribution in [0.25, 0.3) is 0 Å². The number of carbonyl (C=O) groups is 2. The number of hydrogen-bond acceptors (Lipinski definition) is 2. The van der Waals surface area contributed by atoms with Crippen molar-refractivity contribution in [1.29, 1.82) is 0 Å². The van der Waals surface area contributed by atoms with Crippen LogP contribution in [-0.4, -0.2) is 11.6 Å². The smallest absolute Gasteiger partial charge is 0.137 e. The quantitative estimate of drug-likeness (QED) is 0.682. The van der Waals surface area contributed by atoms with Gasteiger partial charge in [-0.2, -0.15) is 0 Å². The fraction of sp³-hybridized carbons (Fsp3) is 0.600. The van der Waals surface area contributed by atoms with Crippen LogP contribution in [-0.2, 0) is 29.7 Å². The molecule has 18 heavy (non-hydrogen) atoms. The second-order valence-electron chi connectivity index (χ2n) is 5.13. The minimum Gasteiger partial charge on any atom is -0.300 e. The molecule has 2 nitrogen and oxygen atoms in total. The topological polar surface area (TPSA) is 34.1 Å². The normalized spacial score (nSPS) is 26.6. The predicted molar refractivity (Wildman–Crippen MR) is 67.6 cm³/mol. The van der Waals surface area contributed by atoms with Gasteiger partial charge in [-0.3, -0.25) is 9.59 Å². The first-order valence-electron chi connectivity index (χ1n) is 6.59. The molecule has 101 valence electrons. The van der Waals surface area contributed by atoms with Gasteiger partial charge in [0.2, 0.25) is 0 Å². The van der Waals surface area contributed by atoms with Crippen LogP contribution in [0.3, 0.4) is 0 Å². The van der Waals surface area contributed by atoms with Crippen LogP contribution in [0.15, 0.2) is 24.3 Å². The summed E-state index contributed by atoms with van der Waals surface area (Å²) in [5.74, 6) is 0.669. The number of allylic oxidation sites excluding steroid dienone is 4. The molecule has 1 fully saturated rings. The van der Waals surface area contributed by atoms with E-state index in [4.69, 9.17) is 0 Å². The van der Waals surface area contributed by atoms with Crippen molar-refractivity contribution in [2.24, 2.45) is 11.3 Å². The number of rotatable bonds is 2. The number of carbonyl (C=O) groups excluding carboxylic acids is 2. The van der Waals surface area contributed by atoms with Gasteiger partial charge >= 0.3 is 0 Å². The van der Waals surface area contributed by atoms with Crippen LogP contribution in [0.4, 0.5) is 0 Å². The Bertz CT molecular complexity index is 370. The molecule has 1 saturated carbocycles. The van der Waals surface area contributed by atoms with Crippen molar-refractivity contribution in [3.8, 4) is 0 Å². The molecular weight excluding hydrogens is 404 g/mol. The zero-order chi connectivity index (χ0) is 12.3. The summed E-state index contributed by atoms with van der Waals surface area (Å²) in [6.07, 6.45) is 12.5. The van der Waals surface area contributed by atoms with E-state index in [-0.39, 0.29) is 31.4 Å². The molecule has 0 aromatic rings. The Morgan fingerprint density at radius 2 is 1.83 bits per heavy atom. The maximum Gasteiger partial charge on any atom is 0.137 e. The first-order chi connectivity index (χ1) is 8.18. The summed E-state index contributed by atoms with van der Waals surface area (Å²) in [4.78, 5) is 23.8. The van der Waals surface area contributed by atoms with Crippen molar-refractivity contribution in [1.82, 2.24) is 0 Å². The number of hydrogen-bond donors (Lipinski definition) is 0. The van der Waals surface area contributed by atoms with Gasteiger partial charge in [-0.25, -0.2) is 0 Å². The summed E-state index contributed by atoms with van der Waals surface area (Å²) in [6, 6.07) is 0. The molecule has 0 heterocycles. The molecular formula is C15H20IrO2. The van der Waals surface area contributed by atoms with Gasteiger partial charge in [0.05, 0.1) is 0 Å². The maximum atomic E-state index is 12.2. The standard InChI is InChI=1S/C15H20O2.Ir/c1-2-15(10-3-4-11-15)13-9-8-12(16)6-5-7-14(13)17;/h3-4,10-11,13H,2,5-9H2,1H3;. The Labute approximate surface area is 122 Å². The van der Waals surface area contributed by atoms with Crippen LogP contribution < -0.4 is 0 Å². The van der Waals surface area contributed by atoms with E-state index >= 15 is 0 Å². The Morgan fingerprint density at radius 1 is 1.17 bits per heavy atom. The van der Waals surface area contributed by atoms with E-state index in [0.717, 1.165) is 19.3 Å². The molecule has 1 radical (unpaired) electrons. The Hall–Kier alpha value is -0.531. The van der Waals surface area contributed by atoms with Crippen molar-refractivity contribution in [3.05, 3.63) is 24.3 Å². The summed E-state index contributed by atoms with van der Waals surface area (Å²) in [6.45, 7) is 2.12. The van der Waals surface area contributed by atoms with E-state index in [2.05, 4.69) is 19.1 Å². The SMILES string of the molecule is CCC1(C2CCC(=O)CCCC2=O)C=CC=C1.[Ir]. The molecule has 0 aromatic heterocycles. The maximum absolute atomic E-state index is 12.2. The summed E-state index contributed by atoms with van der Waals surface area (Å²) < 4.78 is 0. The molecule has 2 aliphatic carbocycles. The predicted octanol–water partition coefficient (Wildman–Crippen LogP) is 3.22. The molecule has 1 atom stereocenters. The van der Waals surface area contributed by atoms with Gasteiger partial charge in [0.25, 0.3) is 0 Å². The molecule has 3 heteroatoms. The molecule has 0 aromatic carbocycles. The summed E-state index contributed by atoms with van der Waals surface area (Å²) in [5, 5.41) is 0. The molecule has 2 aliphatic rings.